The molecule has 0 amide bonds. The molecule has 0 saturated carbocycles. The van der Waals surface area contributed by atoms with Crippen LogP contribution in [0.25, 0.3) is 0 Å². The van der Waals surface area contributed by atoms with E-state index >= 15 is 0 Å². The van der Waals surface area contributed by atoms with Gasteiger partial charge in [-0.25, -0.2) is 0 Å². The Bertz CT molecular complexity index is 539. The zero-order valence-electron chi connectivity index (χ0n) is 13.3. The quantitative estimate of drug-likeness (QED) is 0.685. The minimum atomic E-state index is -0.360. The van der Waals surface area contributed by atoms with Crippen LogP contribution < -0.4 is 10.2 Å². The summed E-state index contributed by atoms with van der Waals surface area (Å²) in [6.45, 7) is 9.55. The highest BCUT2D eigenvalue weighted by Gasteiger charge is 2.38. The van der Waals surface area contributed by atoms with Crippen LogP contribution >= 0.6 is 0 Å². The molecule has 1 aromatic rings. The van der Waals surface area contributed by atoms with Gasteiger partial charge < -0.3 is 15.0 Å². The number of morpholine rings is 1. The highest BCUT2D eigenvalue weighted by Crippen LogP contribution is 2.34. The van der Waals surface area contributed by atoms with Crippen LogP contribution in [0.15, 0.2) is 18.2 Å². The average Bonchev–Trinajstić information content (AvgIpc) is 2.34. The van der Waals surface area contributed by atoms with E-state index in [-0.39, 0.29) is 21.8 Å². The van der Waals surface area contributed by atoms with E-state index in [1.165, 1.54) is 0 Å². The molecule has 116 valence electrons. The number of benzene rings is 1. The normalized spacial score (nSPS) is 20.1. The van der Waals surface area contributed by atoms with Crippen LogP contribution in [0.3, 0.4) is 0 Å². The molecule has 2 rings (SSSR count). The number of hydrogen-bond donors (Lipinski definition) is 1. The van der Waals surface area contributed by atoms with Gasteiger partial charge in [-0.05, 0) is 33.8 Å². The molecule has 0 aliphatic carbocycles. The number of hydrogen-bond acceptors (Lipinski definition) is 5. The zero-order chi connectivity index (χ0) is 15.8. The average molecular weight is 293 g/mol. The predicted molar refractivity (Wildman–Crippen MR) is 84.1 cm³/mol. The van der Waals surface area contributed by atoms with Crippen molar-refractivity contribution in [3.8, 4) is 0 Å². The Balaban J connectivity index is 2.40. The molecular formula is C15H23N3O3. The number of nitrogens with one attached hydrogen (secondary N) is 1. The van der Waals surface area contributed by atoms with Gasteiger partial charge >= 0.3 is 0 Å². The maximum absolute atomic E-state index is 11.1. The standard InChI is InChI=1S/C15H23N3O3/c1-14(2)9-17(10-15(3,4)21-14)12-6-11(16-5)7-13(8-12)18(19)20/h6-8,16H,9-10H2,1-5H3. The van der Waals surface area contributed by atoms with Crippen molar-refractivity contribution in [3.05, 3.63) is 28.3 Å². The maximum atomic E-state index is 11.1. The Morgan fingerprint density at radius 3 is 2.24 bits per heavy atom. The van der Waals surface area contributed by atoms with Gasteiger partial charge in [-0.3, -0.25) is 10.1 Å². The van der Waals surface area contributed by atoms with Crippen LogP contribution in [0, 0.1) is 10.1 Å². The number of anilines is 2. The van der Waals surface area contributed by atoms with Crippen molar-refractivity contribution in [3.63, 3.8) is 0 Å². The van der Waals surface area contributed by atoms with E-state index in [4.69, 9.17) is 4.74 Å². The van der Waals surface area contributed by atoms with Crippen molar-refractivity contribution in [1.82, 2.24) is 0 Å². The van der Waals surface area contributed by atoms with E-state index in [0.717, 1.165) is 11.4 Å². The van der Waals surface area contributed by atoms with Gasteiger partial charge in [0.1, 0.15) is 0 Å². The Kier molecular flexibility index (Phi) is 3.84. The van der Waals surface area contributed by atoms with E-state index in [1.807, 2.05) is 33.8 Å². The second kappa shape index (κ2) is 5.18. The first-order valence-electron chi connectivity index (χ1n) is 7.04. The van der Waals surface area contributed by atoms with E-state index in [9.17, 15) is 10.1 Å². The number of nitro benzene ring substituents is 1. The second-order valence-corrected chi connectivity index (χ2v) is 6.72. The molecule has 1 saturated heterocycles. The Labute approximate surface area is 125 Å². The van der Waals surface area contributed by atoms with E-state index < -0.39 is 0 Å². The molecule has 0 spiro atoms. The molecule has 0 radical (unpaired) electrons. The molecule has 0 unspecified atom stereocenters. The summed E-state index contributed by atoms with van der Waals surface area (Å²) >= 11 is 0. The zero-order valence-corrected chi connectivity index (χ0v) is 13.3. The van der Waals surface area contributed by atoms with Crippen molar-refractivity contribution >= 4 is 17.1 Å². The second-order valence-electron chi connectivity index (χ2n) is 6.72. The first-order chi connectivity index (χ1) is 9.62. The van der Waals surface area contributed by atoms with Crippen LogP contribution in [0.5, 0.6) is 0 Å². The van der Waals surface area contributed by atoms with E-state index in [1.54, 1.807) is 19.2 Å². The Hall–Kier alpha value is -1.82. The molecule has 1 aliphatic heterocycles. The molecule has 0 aromatic heterocycles. The van der Waals surface area contributed by atoms with Crippen molar-refractivity contribution in [2.75, 3.05) is 30.4 Å². The minimum Gasteiger partial charge on any atom is -0.388 e. The third-order valence-corrected chi connectivity index (χ3v) is 3.46. The van der Waals surface area contributed by atoms with Crippen LogP contribution in [0.4, 0.5) is 17.1 Å². The summed E-state index contributed by atoms with van der Waals surface area (Å²) in [6.07, 6.45) is 0. The fraction of sp³-hybridized carbons (Fsp3) is 0.600. The summed E-state index contributed by atoms with van der Waals surface area (Å²) in [7, 11) is 1.76. The van der Waals surface area contributed by atoms with Gasteiger partial charge in [0.25, 0.3) is 5.69 Å². The van der Waals surface area contributed by atoms with Crippen LogP contribution in [-0.4, -0.2) is 36.3 Å². The Morgan fingerprint density at radius 1 is 1.19 bits per heavy atom. The molecule has 6 heteroatoms. The summed E-state index contributed by atoms with van der Waals surface area (Å²) < 4.78 is 6.06. The minimum absolute atomic E-state index is 0.0963. The lowest BCUT2D eigenvalue weighted by Gasteiger charge is -2.48. The molecule has 1 fully saturated rings. The van der Waals surface area contributed by atoms with Crippen molar-refractivity contribution in [2.24, 2.45) is 0 Å². The lowest BCUT2D eigenvalue weighted by Crippen LogP contribution is -2.57. The summed E-state index contributed by atoms with van der Waals surface area (Å²) in [5.41, 5.74) is 1.08. The van der Waals surface area contributed by atoms with Crippen molar-refractivity contribution in [2.45, 2.75) is 38.9 Å². The van der Waals surface area contributed by atoms with Gasteiger partial charge in [0, 0.05) is 43.6 Å². The highest BCUT2D eigenvalue weighted by atomic mass is 16.6. The topological polar surface area (TPSA) is 67.6 Å². The third-order valence-electron chi connectivity index (χ3n) is 3.46. The lowest BCUT2D eigenvalue weighted by atomic mass is 9.98. The summed E-state index contributed by atoms with van der Waals surface area (Å²) in [4.78, 5) is 12.9. The monoisotopic (exact) mass is 293 g/mol. The van der Waals surface area contributed by atoms with Crippen LogP contribution in [0.2, 0.25) is 0 Å². The summed E-state index contributed by atoms with van der Waals surface area (Å²) in [5.74, 6) is 0. The molecule has 21 heavy (non-hydrogen) atoms. The molecule has 1 N–H and O–H groups in total. The van der Waals surface area contributed by atoms with Gasteiger partial charge in [0.15, 0.2) is 0 Å². The highest BCUT2D eigenvalue weighted by molar-refractivity contribution is 5.64. The maximum Gasteiger partial charge on any atom is 0.273 e. The first kappa shape index (κ1) is 15.6. The molecular weight excluding hydrogens is 270 g/mol. The molecule has 0 atom stereocenters. The van der Waals surface area contributed by atoms with Gasteiger partial charge in [0.05, 0.1) is 16.1 Å². The van der Waals surface area contributed by atoms with Crippen LogP contribution in [-0.2, 0) is 4.74 Å². The SMILES string of the molecule is CNc1cc(N2CC(C)(C)OC(C)(C)C2)cc([N+](=O)[O-])c1. The smallest absolute Gasteiger partial charge is 0.273 e. The van der Waals surface area contributed by atoms with Gasteiger partial charge in [-0.15, -0.1) is 0 Å². The fourth-order valence-electron chi connectivity index (χ4n) is 3.00. The summed E-state index contributed by atoms with van der Waals surface area (Å²) in [6, 6.07) is 5.10. The van der Waals surface area contributed by atoms with Gasteiger partial charge in [-0.2, -0.15) is 0 Å². The predicted octanol–water partition coefficient (Wildman–Crippen LogP) is 3.03. The third kappa shape index (κ3) is 3.64. The van der Waals surface area contributed by atoms with Gasteiger partial charge in [-0.1, -0.05) is 0 Å². The fourth-order valence-corrected chi connectivity index (χ4v) is 3.00. The Morgan fingerprint density at radius 2 is 1.76 bits per heavy atom. The molecule has 1 aliphatic rings. The number of nitrogens with zero attached hydrogens (tertiary/aromatic N) is 2. The van der Waals surface area contributed by atoms with Crippen molar-refractivity contribution < 1.29 is 9.66 Å². The number of rotatable bonds is 3. The molecule has 0 bridgehead atoms. The number of non-ortho nitro benzene ring substituents is 1. The van der Waals surface area contributed by atoms with E-state index in [0.29, 0.717) is 13.1 Å². The number of ether oxygens (including phenoxy) is 1. The molecule has 1 aromatic carbocycles. The first-order valence-corrected chi connectivity index (χ1v) is 7.04. The molecule has 6 nitrogen and oxygen atoms in total. The summed E-state index contributed by atoms with van der Waals surface area (Å²) in [5, 5.41) is 14.1. The van der Waals surface area contributed by atoms with Gasteiger partial charge in [0.2, 0.25) is 0 Å². The lowest BCUT2D eigenvalue weighted by molar-refractivity contribution is -0.384. The van der Waals surface area contributed by atoms with Crippen molar-refractivity contribution in [1.29, 1.82) is 0 Å². The van der Waals surface area contributed by atoms with E-state index in [2.05, 4.69) is 10.2 Å². The van der Waals surface area contributed by atoms with Crippen LogP contribution in [0.1, 0.15) is 27.7 Å². The largest absolute Gasteiger partial charge is 0.388 e. The number of nitro groups is 1. The molecule has 1 heterocycles.